The predicted molar refractivity (Wildman–Crippen MR) is 181 cm³/mol. The summed E-state index contributed by atoms with van der Waals surface area (Å²) in [6.07, 6.45) is -4.73. The van der Waals surface area contributed by atoms with Crippen LogP contribution in [0.1, 0.15) is 36.1 Å². The summed E-state index contributed by atoms with van der Waals surface area (Å²) >= 11 is 12.4. The van der Waals surface area contributed by atoms with Gasteiger partial charge in [-0.15, -0.1) is 0 Å². The van der Waals surface area contributed by atoms with E-state index in [0.717, 1.165) is 23.3 Å². The number of rotatable bonds is 12. The molecule has 7 nitrogen and oxygen atoms in total. The van der Waals surface area contributed by atoms with Crippen molar-refractivity contribution >= 4 is 50.7 Å². The lowest BCUT2D eigenvalue weighted by Gasteiger charge is -2.34. The molecule has 254 valence electrons. The van der Waals surface area contributed by atoms with Crippen LogP contribution in [0.2, 0.25) is 10.0 Å². The standard InChI is InChI=1S/C35H34Cl2F3N3O4S/c1-23(2)41-34(45)32(19-25-8-5-4-6-9-25)42(21-26-14-17-30(36)31(37)18-26)33(44)22-43(28-11-7-10-27(20-28)35(38,39)40)48(46,47)29-15-12-24(3)13-16-29/h4-18,20,23,32H,19,21-22H2,1-3H3,(H,41,45)/t32-/m1/s1. The summed E-state index contributed by atoms with van der Waals surface area (Å²) in [5.74, 6) is -1.34. The van der Waals surface area contributed by atoms with Crippen LogP contribution >= 0.6 is 23.2 Å². The van der Waals surface area contributed by atoms with Crippen molar-refractivity contribution in [2.24, 2.45) is 0 Å². The molecule has 0 saturated heterocycles. The number of carbonyl (C=O) groups is 2. The lowest BCUT2D eigenvalue weighted by atomic mass is 10.0. The molecule has 4 aromatic rings. The van der Waals surface area contributed by atoms with Crippen molar-refractivity contribution in [2.45, 2.75) is 56.9 Å². The highest BCUT2D eigenvalue weighted by molar-refractivity contribution is 7.92. The molecule has 0 aromatic heterocycles. The van der Waals surface area contributed by atoms with E-state index >= 15 is 0 Å². The van der Waals surface area contributed by atoms with Gasteiger partial charge >= 0.3 is 6.18 Å². The lowest BCUT2D eigenvalue weighted by molar-refractivity contribution is -0.140. The fourth-order valence-corrected chi connectivity index (χ4v) is 6.70. The molecule has 2 amide bonds. The molecule has 48 heavy (non-hydrogen) atoms. The van der Waals surface area contributed by atoms with Crippen molar-refractivity contribution in [3.05, 3.63) is 129 Å². The minimum absolute atomic E-state index is 0.0563. The number of halogens is 5. The number of hydrogen-bond acceptors (Lipinski definition) is 4. The Labute approximate surface area is 288 Å². The summed E-state index contributed by atoms with van der Waals surface area (Å²) < 4.78 is 70.2. The van der Waals surface area contributed by atoms with Gasteiger partial charge in [-0.25, -0.2) is 8.42 Å². The number of sulfonamides is 1. The molecule has 0 aliphatic heterocycles. The SMILES string of the molecule is Cc1ccc(S(=O)(=O)N(CC(=O)N(Cc2ccc(Cl)c(Cl)c2)[C@H](Cc2ccccc2)C(=O)NC(C)C)c2cccc(C(F)(F)F)c2)cc1. The van der Waals surface area contributed by atoms with Crippen LogP contribution in [0.4, 0.5) is 18.9 Å². The van der Waals surface area contributed by atoms with E-state index < -0.39 is 46.2 Å². The molecular formula is C35H34Cl2F3N3O4S. The number of hydrogen-bond donors (Lipinski definition) is 1. The van der Waals surface area contributed by atoms with Crippen LogP contribution in [0.3, 0.4) is 0 Å². The van der Waals surface area contributed by atoms with E-state index in [9.17, 15) is 31.2 Å². The number of anilines is 1. The summed E-state index contributed by atoms with van der Waals surface area (Å²) in [6, 6.07) is 21.6. The third-order valence-electron chi connectivity index (χ3n) is 7.39. The van der Waals surface area contributed by atoms with Gasteiger partial charge in [0.1, 0.15) is 12.6 Å². The summed E-state index contributed by atoms with van der Waals surface area (Å²) in [5, 5.41) is 3.29. The molecule has 0 aliphatic carbocycles. The van der Waals surface area contributed by atoms with Crippen LogP contribution in [0.25, 0.3) is 0 Å². The Balaban J connectivity index is 1.86. The largest absolute Gasteiger partial charge is 0.416 e. The maximum atomic E-state index is 14.5. The molecule has 0 radical (unpaired) electrons. The highest BCUT2D eigenvalue weighted by Gasteiger charge is 2.36. The summed E-state index contributed by atoms with van der Waals surface area (Å²) in [5.41, 5.74) is 0.487. The Morgan fingerprint density at radius 2 is 1.50 bits per heavy atom. The highest BCUT2D eigenvalue weighted by atomic mass is 35.5. The second-order valence-corrected chi connectivity index (χ2v) is 14.2. The van der Waals surface area contributed by atoms with Gasteiger partial charge in [0.25, 0.3) is 10.0 Å². The molecule has 0 bridgehead atoms. The molecule has 13 heteroatoms. The zero-order chi connectivity index (χ0) is 35.2. The fraction of sp³-hybridized carbons (Fsp3) is 0.257. The minimum atomic E-state index is -4.78. The zero-order valence-electron chi connectivity index (χ0n) is 26.3. The maximum Gasteiger partial charge on any atom is 0.416 e. The van der Waals surface area contributed by atoms with E-state index in [0.29, 0.717) is 15.9 Å². The smallest absolute Gasteiger partial charge is 0.352 e. The molecule has 0 unspecified atom stereocenters. The number of nitrogens with one attached hydrogen (secondary N) is 1. The van der Waals surface area contributed by atoms with Crippen molar-refractivity contribution in [1.29, 1.82) is 0 Å². The Morgan fingerprint density at radius 3 is 2.10 bits per heavy atom. The van der Waals surface area contributed by atoms with E-state index in [4.69, 9.17) is 23.2 Å². The Hall–Kier alpha value is -4.06. The monoisotopic (exact) mass is 719 g/mol. The molecule has 0 heterocycles. The predicted octanol–water partition coefficient (Wildman–Crippen LogP) is 7.68. The van der Waals surface area contributed by atoms with Crippen molar-refractivity contribution in [3.63, 3.8) is 0 Å². The van der Waals surface area contributed by atoms with E-state index in [1.165, 1.54) is 35.2 Å². The van der Waals surface area contributed by atoms with Gasteiger partial charge in [0.05, 0.1) is 26.2 Å². The van der Waals surface area contributed by atoms with Gasteiger partial charge in [-0.05, 0) is 74.4 Å². The molecule has 0 fully saturated rings. The first-order valence-corrected chi connectivity index (χ1v) is 17.1. The van der Waals surface area contributed by atoms with Gasteiger partial charge in [0.2, 0.25) is 11.8 Å². The third kappa shape index (κ3) is 9.30. The van der Waals surface area contributed by atoms with Crippen LogP contribution < -0.4 is 9.62 Å². The highest BCUT2D eigenvalue weighted by Crippen LogP contribution is 2.34. The average molecular weight is 721 g/mol. The molecule has 0 spiro atoms. The Morgan fingerprint density at radius 1 is 0.833 bits per heavy atom. The van der Waals surface area contributed by atoms with Crippen LogP contribution in [0, 0.1) is 6.92 Å². The maximum absolute atomic E-state index is 14.5. The second-order valence-electron chi connectivity index (χ2n) is 11.5. The van der Waals surface area contributed by atoms with E-state index in [1.807, 2.05) is 0 Å². The first-order valence-electron chi connectivity index (χ1n) is 14.9. The minimum Gasteiger partial charge on any atom is -0.352 e. The van der Waals surface area contributed by atoms with Gasteiger partial charge < -0.3 is 10.2 Å². The van der Waals surface area contributed by atoms with Crippen LogP contribution in [-0.4, -0.2) is 43.8 Å². The summed E-state index contributed by atoms with van der Waals surface area (Å²) in [6.45, 7) is 4.15. The van der Waals surface area contributed by atoms with Crippen LogP contribution in [-0.2, 0) is 38.8 Å². The average Bonchev–Trinajstić information content (AvgIpc) is 3.03. The van der Waals surface area contributed by atoms with E-state index in [1.54, 1.807) is 69.3 Å². The lowest BCUT2D eigenvalue weighted by Crippen LogP contribution is -2.54. The number of nitrogens with zero attached hydrogens (tertiary/aromatic N) is 2. The van der Waals surface area contributed by atoms with Gasteiger partial charge in [0, 0.05) is 19.0 Å². The Bertz CT molecular complexity index is 1860. The van der Waals surface area contributed by atoms with E-state index in [2.05, 4.69) is 5.32 Å². The fourth-order valence-electron chi connectivity index (χ4n) is 4.97. The van der Waals surface area contributed by atoms with Gasteiger partial charge in [-0.3, -0.25) is 13.9 Å². The summed E-state index contributed by atoms with van der Waals surface area (Å²) in [4.78, 5) is 29.2. The number of alkyl halides is 3. The molecule has 1 atom stereocenters. The zero-order valence-corrected chi connectivity index (χ0v) is 28.7. The molecule has 1 N–H and O–H groups in total. The number of amides is 2. The molecule has 4 aromatic carbocycles. The quantitative estimate of drug-likeness (QED) is 0.163. The van der Waals surface area contributed by atoms with Crippen molar-refractivity contribution in [2.75, 3.05) is 10.8 Å². The topological polar surface area (TPSA) is 86.8 Å². The normalized spacial score (nSPS) is 12.4. The van der Waals surface area contributed by atoms with Gasteiger partial charge in [0.15, 0.2) is 0 Å². The van der Waals surface area contributed by atoms with E-state index in [-0.39, 0.29) is 39.6 Å². The van der Waals surface area contributed by atoms with Gasteiger partial charge in [-0.1, -0.05) is 83.4 Å². The second kappa shape index (κ2) is 15.4. The van der Waals surface area contributed by atoms with Crippen LogP contribution in [0.5, 0.6) is 0 Å². The molecule has 4 rings (SSSR count). The molecule has 0 aliphatic rings. The van der Waals surface area contributed by atoms with Crippen molar-refractivity contribution in [1.82, 2.24) is 10.2 Å². The van der Waals surface area contributed by atoms with Crippen molar-refractivity contribution in [3.8, 4) is 0 Å². The Kier molecular flexibility index (Phi) is 11.8. The van der Waals surface area contributed by atoms with Crippen LogP contribution in [0.15, 0.2) is 102 Å². The summed E-state index contributed by atoms with van der Waals surface area (Å²) in [7, 11) is -4.59. The molecular weight excluding hydrogens is 686 g/mol. The number of aryl methyl sites for hydroxylation is 1. The van der Waals surface area contributed by atoms with Crippen molar-refractivity contribution < 1.29 is 31.2 Å². The number of benzene rings is 4. The first-order chi connectivity index (χ1) is 22.6. The number of carbonyl (C=O) groups excluding carboxylic acids is 2. The van der Waals surface area contributed by atoms with Gasteiger partial charge in [-0.2, -0.15) is 13.2 Å². The third-order valence-corrected chi connectivity index (χ3v) is 9.92. The molecule has 0 saturated carbocycles. The first kappa shape index (κ1) is 36.8.